The Morgan fingerprint density at radius 3 is 2.72 bits per heavy atom. The van der Waals surface area contributed by atoms with E-state index in [4.69, 9.17) is 0 Å². The highest BCUT2D eigenvalue weighted by Crippen LogP contribution is 2.24. The quantitative estimate of drug-likeness (QED) is 0.828. The predicted octanol–water partition coefficient (Wildman–Crippen LogP) is 2.98. The first-order valence-corrected chi connectivity index (χ1v) is 6.72. The first kappa shape index (κ1) is 13.3. The summed E-state index contributed by atoms with van der Waals surface area (Å²) in [6, 6.07) is 10.5. The van der Waals surface area contributed by atoms with Crippen molar-refractivity contribution >= 4 is 0 Å². The number of piperidine rings is 1. The number of benzene rings is 1. The average Bonchev–Trinajstić information content (AvgIpc) is 2.28. The SMILES string of the molecule is CC(C)=CC1(O)CCCN(Cc2ccccc2)C1. The van der Waals surface area contributed by atoms with Gasteiger partial charge in [0, 0.05) is 13.1 Å². The first-order valence-electron chi connectivity index (χ1n) is 6.72. The Hall–Kier alpha value is -1.12. The second-order valence-corrected chi connectivity index (χ2v) is 5.63. The van der Waals surface area contributed by atoms with Crippen LogP contribution in [0.1, 0.15) is 32.3 Å². The van der Waals surface area contributed by atoms with Gasteiger partial charge in [-0.05, 0) is 38.8 Å². The summed E-state index contributed by atoms with van der Waals surface area (Å²) in [7, 11) is 0. The van der Waals surface area contributed by atoms with Crippen LogP contribution in [0.5, 0.6) is 0 Å². The zero-order valence-corrected chi connectivity index (χ0v) is 11.4. The van der Waals surface area contributed by atoms with Crippen molar-refractivity contribution in [2.75, 3.05) is 13.1 Å². The van der Waals surface area contributed by atoms with Crippen LogP contribution in [0.3, 0.4) is 0 Å². The van der Waals surface area contributed by atoms with Gasteiger partial charge < -0.3 is 5.11 Å². The van der Waals surface area contributed by atoms with Crippen LogP contribution >= 0.6 is 0 Å². The van der Waals surface area contributed by atoms with Gasteiger partial charge in [-0.25, -0.2) is 0 Å². The first-order chi connectivity index (χ1) is 8.57. The molecule has 2 rings (SSSR count). The molecule has 1 saturated heterocycles. The molecule has 1 aromatic rings. The zero-order chi connectivity index (χ0) is 13.0. The Labute approximate surface area is 110 Å². The highest BCUT2D eigenvalue weighted by Gasteiger charge is 2.30. The minimum Gasteiger partial charge on any atom is -0.384 e. The summed E-state index contributed by atoms with van der Waals surface area (Å²) in [5, 5.41) is 10.6. The summed E-state index contributed by atoms with van der Waals surface area (Å²) in [6.07, 6.45) is 3.96. The minimum absolute atomic E-state index is 0.633. The van der Waals surface area contributed by atoms with E-state index in [0.717, 1.165) is 32.5 Å². The molecule has 0 radical (unpaired) electrons. The van der Waals surface area contributed by atoms with Crippen LogP contribution < -0.4 is 0 Å². The Bertz CT molecular complexity index is 408. The van der Waals surface area contributed by atoms with Gasteiger partial charge in [-0.15, -0.1) is 0 Å². The molecule has 2 heteroatoms. The van der Waals surface area contributed by atoms with E-state index in [2.05, 4.69) is 29.2 Å². The van der Waals surface area contributed by atoms with E-state index in [-0.39, 0.29) is 0 Å². The zero-order valence-electron chi connectivity index (χ0n) is 11.4. The summed E-state index contributed by atoms with van der Waals surface area (Å²) in [4.78, 5) is 2.35. The number of β-amino-alcohol motifs (C(OH)–C–C–N with tert-alkyl or cyclic N) is 1. The van der Waals surface area contributed by atoms with Gasteiger partial charge in [-0.1, -0.05) is 42.0 Å². The van der Waals surface area contributed by atoms with Crippen LogP contribution in [0.25, 0.3) is 0 Å². The van der Waals surface area contributed by atoms with Crippen molar-refractivity contribution in [1.82, 2.24) is 4.90 Å². The Morgan fingerprint density at radius 1 is 1.33 bits per heavy atom. The molecule has 0 bridgehead atoms. The van der Waals surface area contributed by atoms with Crippen molar-refractivity contribution in [3.05, 3.63) is 47.5 Å². The lowest BCUT2D eigenvalue weighted by molar-refractivity contribution is 0.00472. The standard InChI is InChI=1S/C16H23NO/c1-14(2)11-16(18)9-6-10-17(13-16)12-15-7-4-3-5-8-15/h3-5,7-8,11,18H,6,9-10,12-13H2,1-2H3. The lowest BCUT2D eigenvalue weighted by Crippen LogP contribution is -2.46. The van der Waals surface area contributed by atoms with Crippen molar-refractivity contribution in [1.29, 1.82) is 0 Å². The van der Waals surface area contributed by atoms with Crippen molar-refractivity contribution in [2.45, 2.75) is 38.8 Å². The van der Waals surface area contributed by atoms with Gasteiger partial charge in [0.05, 0.1) is 5.60 Å². The molecule has 0 saturated carbocycles. The third-order valence-corrected chi connectivity index (χ3v) is 3.39. The normalized spacial score (nSPS) is 24.8. The van der Waals surface area contributed by atoms with E-state index < -0.39 is 5.60 Å². The molecule has 1 unspecified atom stereocenters. The molecule has 1 heterocycles. The molecule has 98 valence electrons. The van der Waals surface area contributed by atoms with Gasteiger partial charge >= 0.3 is 0 Å². The molecule has 1 aliphatic rings. The van der Waals surface area contributed by atoms with Crippen molar-refractivity contribution in [3.8, 4) is 0 Å². The second kappa shape index (κ2) is 5.68. The summed E-state index contributed by atoms with van der Waals surface area (Å²) in [5.41, 5.74) is 1.88. The Balaban J connectivity index is 2.01. The maximum atomic E-state index is 10.6. The number of hydrogen-bond acceptors (Lipinski definition) is 2. The number of allylic oxidation sites excluding steroid dienone is 1. The fourth-order valence-electron chi connectivity index (χ4n) is 2.79. The average molecular weight is 245 g/mol. The monoisotopic (exact) mass is 245 g/mol. The molecule has 1 aliphatic heterocycles. The molecule has 2 nitrogen and oxygen atoms in total. The van der Waals surface area contributed by atoms with E-state index >= 15 is 0 Å². The predicted molar refractivity (Wildman–Crippen MR) is 75.3 cm³/mol. The fraction of sp³-hybridized carbons (Fsp3) is 0.500. The largest absolute Gasteiger partial charge is 0.384 e. The smallest absolute Gasteiger partial charge is 0.0957 e. The van der Waals surface area contributed by atoms with Gasteiger partial charge in [0.2, 0.25) is 0 Å². The third-order valence-electron chi connectivity index (χ3n) is 3.39. The number of likely N-dealkylation sites (tertiary alicyclic amines) is 1. The van der Waals surface area contributed by atoms with Crippen molar-refractivity contribution in [3.63, 3.8) is 0 Å². The fourth-order valence-corrected chi connectivity index (χ4v) is 2.79. The van der Waals surface area contributed by atoms with Gasteiger partial charge in [0.1, 0.15) is 0 Å². The highest BCUT2D eigenvalue weighted by atomic mass is 16.3. The number of nitrogens with zero attached hydrogens (tertiary/aromatic N) is 1. The van der Waals surface area contributed by atoms with E-state index in [9.17, 15) is 5.11 Å². The summed E-state index contributed by atoms with van der Waals surface area (Å²) < 4.78 is 0. The molecular formula is C16H23NO. The molecule has 1 fully saturated rings. The van der Waals surface area contributed by atoms with E-state index in [1.54, 1.807) is 0 Å². The van der Waals surface area contributed by atoms with Crippen LogP contribution in [0.2, 0.25) is 0 Å². The molecule has 0 aliphatic carbocycles. The molecular weight excluding hydrogens is 222 g/mol. The molecule has 0 amide bonds. The van der Waals surface area contributed by atoms with Gasteiger partial charge in [0.15, 0.2) is 0 Å². The maximum absolute atomic E-state index is 10.6. The van der Waals surface area contributed by atoms with Crippen LogP contribution in [-0.2, 0) is 6.54 Å². The van der Waals surface area contributed by atoms with Gasteiger partial charge in [-0.3, -0.25) is 4.90 Å². The topological polar surface area (TPSA) is 23.5 Å². The lowest BCUT2D eigenvalue weighted by atomic mass is 9.91. The molecule has 1 aromatic carbocycles. The van der Waals surface area contributed by atoms with Crippen LogP contribution in [0.15, 0.2) is 42.0 Å². The summed E-state index contributed by atoms with van der Waals surface area (Å²) in [5.74, 6) is 0. The van der Waals surface area contributed by atoms with Crippen LogP contribution in [-0.4, -0.2) is 28.7 Å². The van der Waals surface area contributed by atoms with Crippen molar-refractivity contribution in [2.24, 2.45) is 0 Å². The molecule has 0 aromatic heterocycles. The Kier molecular flexibility index (Phi) is 4.20. The molecule has 18 heavy (non-hydrogen) atoms. The summed E-state index contributed by atoms with van der Waals surface area (Å²) >= 11 is 0. The van der Waals surface area contributed by atoms with E-state index in [0.29, 0.717) is 0 Å². The van der Waals surface area contributed by atoms with Crippen molar-refractivity contribution < 1.29 is 5.11 Å². The number of rotatable bonds is 3. The molecule has 1 N–H and O–H groups in total. The highest BCUT2D eigenvalue weighted by molar-refractivity contribution is 5.15. The van der Waals surface area contributed by atoms with Crippen LogP contribution in [0.4, 0.5) is 0 Å². The molecule has 1 atom stereocenters. The second-order valence-electron chi connectivity index (χ2n) is 5.63. The molecule has 0 spiro atoms. The lowest BCUT2D eigenvalue weighted by Gasteiger charge is -2.37. The third kappa shape index (κ3) is 3.69. The Morgan fingerprint density at radius 2 is 2.06 bits per heavy atom. The number of aliphatic hydroxyl groups is 1. The maximum Gasteiger partial charge on any atom is 0.0957 e. The van der Waals surface area contributed by atoms with Crippen LogP contribution in [0, 0.1) is 0 Å². The minimum atomic E-state index is -0.633. The summed E-state index contributed by atoms with van der Waals surface area (Å²) in [6.45, 7) is 6.85. The van der Waals surface area contributed by atoms with E-state index in [1.165, 1.54) is 11.1 Å². The van der Waals surface area contributed by atoms with Gasteiger partial charge in [-0.2, -0.15) is 0 Å². The number of hydrogen-bond donors (Lipinski definition) is 1. The van der Waals surface area contributed by atoms with E-state index in [1.807, 2.05) is 26.0 Å². The van der Waals surface area contributed by atoms with Gasteiger partial charge in [0.25, 0.3) is 0 Å².